The molecule has 3 N–H and O–H groups in total. The van der Waals surface area contributed by atoms with Gasteiger partial charge in [0.05, 0.1) is 12.6 Å². The lowest BCUT2D eigenvalue weighted by atomic mass is 9.89. The minimum atomic E-state index is -0.351. The van der Waals surface area contributed by atoms with Crippen LogP contribution in [0.25, 0.3) is 0 Å². The second-order valence-electron chi connectivity index (χ2n) is 5.30. The fraction of sp³-hybridized carbons (Fsp3) is 0.571. The summed E-state index contributed by atoms with van der Waals surface area (Å²) in [6.07, 6.45) is 2.13. The Kier molecular flexibility index (Phi) is 4.27. The number of anilines is 1. The highest BCUT2D eigenvalue weighted by Crippen LogP contribution is 2.28. The molecule has 0 amide bonds. The van der Waals surface area contributed by atoms with Crippen LogP contribution in [0.1, 0.15) is 12.8 Å². The molecule has 1 aliphatic heterocycles. The summed E-state index contributed by atoms with van der Waals surface area (Å²) in [5.74, 6) is -0.100. The van der Waals surface area contributed by atoms with Crippen molar-refractivity contribution in [3.8, 4) is 5.75 Å². The third-order valence-electron chi connectivity index (χ3n) is 3.72. The average molecular weight is 267 g/mol. The lowest BCUT2D eigenvalue weighted by Crippen LogP contribution is -2.56. The smallest absolute Gasteiger partial charge is 0.165 e. The first-order valence-electron chi connectivity index (χ1n) is 6.59. The lowest BCUT2D eigenvalue weighted by molar-refractivity contribution is 0.198. The van der Waals surface area contributed by atoms with Crippen molar-refractivity contribution in [1.29, 1.82) is 0 Å². The van der Waals surface area contributed by atoms with E-state index >= 15 is 0 Å². The van der Waals surface area contributed by atoms with Crippen LogP contribution in [0.3, 0.4) is 0 Å². The van der Waals surface area contributed by atoms with Crippen LogP contribution in [0.2, 0.25) is 0 Å². The van der Waals surface area contributed by atoms with Gasteiger partial charge in [-0.05, 0) is 38.6 Å². The third-order valence-corrected chi connectivity index (χ3v) is 3.72. The Hall–Kier alpha value is -1.33. The molecular weight excluding hydrogens is 245 g/mol. The van der Waals surface area contributed by atoms with Crippen molar-refractivity contribution < 1.29 is 9.13 Å². The largest absolute Gasteiger partial charge is 0.494 e. The molecule has 1 saturated heterocycles. The maximum Gasteiger partial charge on any atom is 0.165 e. The zero-order valence-corrected chi connectivity index (χ0v) is 11.6. The van der Waals surface area contributed by atoms with E-state index in [-0.39, 0.29) is 17.1 Å². The molecule has 1 unspecified atom stereocenters. The summed E-state index contributed by atoms with van der Waals surface area (Å²) in [4.78, 5) is 2.27. The number of benzene rings is 1. The first kappa shape index (κ1) is 14.1. The van der Waals surface area contributed by atoms with Gasteiger partial charge in [0, 0.05) is 24.8 Å². The molecule has 0 saturated carbocycles. The fourth-order valence-corrected chi connectivity index (χ4v) is 2.73. The molecule has 1 aromatic rings. The van der Waals surface area contributed by atoms with Crippen molar-refractivity contribution in [3.63, 3.8) is 0 Å². The van der Waals surface area contributed by atoms with E-state index in [0.29, 0.717) is 6.54 Å². The first-order valence-corrected chi connectivity index (χ1v) is 6.59. The summed E-state index contributed by atoms with van der Waals surface area (Å²) in [5, 5.41) is 3.46. The Labute approximate surface area is 113 Å². The number of likely N-dealkylation sites (N-methyl/N-ethyl adjacent to an activating group) is 1. The Morgan fingerprint density at radius 3 is 2.95 bits per heavy atom. The molecule has 0 radical (unpaired) electrons. The van der Waals surface area contributed by atoms with E-state index in [2.05, 4.69) is 17.3 Å². The molecule has 0 spiro atoms. The van der Waals surface area contributed by atoms with Crippen LogP contribution >= 0.6 is 0 Å². The number of nitrogens with one attached hydrogen (secondary N) is 1. The minimum Gasteiger partial charge on any atom is -0.494 e. The van der Waals surface area contributed by atoms with Gasteiger partial charge >= 0.3 is 0 Å². The Bertz CT molecular complexity index is 441. The average Bonchev–Trinajstić information content (AvgIpc) is 2.41. The van der Waals surface area contributed by atoms with Crippen molar-refractivity contribution in [2.45, 2.75) is 18.4 Å². The van der Waals surface area contributed by atoms with Crippen molar-refractivity contribution in [1.82, 2.24) is 4.90 Å². The predicted octanol–water partition coefficient (Wildman–Crippen LogP) is 1.67. The van der Waals surface area contributed by atoms with Gasteiger partial charge in [-0.1, -0.05) is 0 Å². The highest BCUT2D eigenvalue weighted by Gasteiger charge is 2.33. The molecule has 5 heteroatoms. The van der Waals surface area contributed by atoms with Crippen molar-refractivity contribution in [2.24, 2.45) is 5.73 Å². The van der Waals surface area contributed by atoms with Crippen LogP contribution in [0.4, 0.5) is 10.1 Å². The van der Waals surface area contributed by atoms with Crippen molar-refractivity contribution in [3.05, 3.63) is 24.0 Å². The number of rotatable bonds is 4. The molecule has 106 valence electrons. The van der Waals surface area contributed by atoms with Crippen molar-refractivity contribution in [2.75, 3.05) is 39.1 Å². The maximum atomic E-state index is 13.4. The topological polar surface area (TPSA) is 50.5 Å². The van der Waals surface area contributed by atoms with Crippen molar-refractivity contribution >= 4 is 5.69 Å². The summed E-state index contributed by atoms with van der Waals surface area (Å²) in [6, 6.07) is 4.82. The maximum absolute atomic E-state index is 13.4. The first-order chi connectivity index (χ1) is 9.08. The Morgan fingerprint density at radius 1 is 1.53 bits per heavy atom. The molecule has 0 aromatic heterocycles. The summed E-state index contributed by atoms with van der Waals surface area (Å²) in [5.41, 5.74) is 6.66. The fourth-order valence-electron chi connectivity index (χ4n) is 2.73. The van der Waals surface area contributed by atoms with Gasteiger partial charge in [0.25, 0.3) is 0 Å². The molecule has 2 rings (SSSR count). The number of methoxy groups -OCH3 is 1. The van der Waals surface area contributed by atoms with Crippen LogP contribution < -0.4 is 15.8 Å². The summed E-state index contributed by atoms with van der Waals surface area (Å²) in [6.45, 7) is 2.54. The lowest BCUT2D eigenvalue weighted by Gasteiger charge is -2.42. The standard InChI is InChI=1S/C14H22FN3O/c1-18-7-3-6-14(9-16,10-18)17-11-4-5-12(15)13(8-11)19-2/h4-5,8,17H,3,6-7,9-10,16H2,1-2H3. The van der Waals surface area contributed by atoms with Gasteiger partial charge in [-0.25, -0.2) is 4.39 Å². The normalized spacial score (nSPS) is 24.2. The number of nitrogens with zero attached hydrogens (tertiary/aromatic N) is 1. The van der Waals surface area contributed by atoms with Gasteiger partial charge < -0.3 is 20.7 Å². The van der Waals surface area contributed by atoms with Crippen LogP contribution in [0.15, 0.2) is 18.2 Å². The molecule has 1 atom stereocenters. The van der Waals surface area contributed by atoms with Gasteiger partial charge in [0.1, 0.15) is 0 Å². The predicted molar refractivity (Wildman–Crippen MR) is 75.1 cm³/mol. The molecule has 1 aliphatic rings. The minimum absolute atomic E-state index is 0.143. The van der Waals surface area contributed by atoms with E-state index in [1.807, 2.05) is 0 Å². The Balaban J connectivity index is 2.18. The number of hydrogen-bond donors (Lipinski definition) is 2. The number of halogens is 1. The summed E-state index contributed by atoms with van der Waals surface area (Å²) >= 11 is 0. The zero-order valence-electron chi connectivity index (χ0n) is 11.6. The van der Waals surface area contributed by atoms with Gasteiger partial charge in [-0.2, -0.15) is 0 Å². The SMILES string of the molecule is COc1cc(NC2(CN)CCCN(C)C2)ccc1F. The molecular formula is C14H22FN3O. The number of hydrogen-bond acceptors (Lipinski definition) is 4. The van der Waals surface area contributed by atoms with E-state index in [1.165, 1.54) is 13.2 Å². The molecule has 0 aliphatic carbocycles. The van der Waals surface area contributed by atoms with Crippen LogP contribution in [0, 0.1) is 5.82 Å². The zero-order chi connectivity index (χ0) is 13.9. The van der Waals surface area contributed by atoms with Gasteiger partial charge in [0.15, 0.2) is 11.6 Å². The van der Waals surface area contributed by atoms with E-state index in [4.69, 9.17) is 10.5 Å². The van der Waals surface area contributed by atoms with Gasteiger partial charge in [-0.15, -0.1) is 0 Å². The quantitative estimate of drug-likeness (QED) is 0.871. The number of nitrogens with two attached hydrogens (primary N) is 1. The second kappa shape index (κ2) is 5.75. The molecule has 19 heavy (non-hydrogen) atoms. The van der Waals surface area contributed by atoms with Gasteiger partial charge in [-0.3, -0.25) is 0 Å². The molecule has 1 heterocycles. The monoisotopic (exact) mass is 267 g/mol. The summed E-state index contributed by atoms with van der Waals surface area (Å²) < 4.78 is 18.4. The van der Waals surface area contributed by atoms with Crippen LogP contribution in [0.5, 0.6) is 5.75 Å². The van der Waals surface area contributed by atoms with Crippen LogP contribution in [-0.4, -0.2) is 44.2 Å². The molecule has 1 fully saturated rings. The highest BCUT2D eigenvalue weighted by molar-refractivity contribution is 5.51. The second-order valence-corrected chi connectivity index (χ2v) is 5.30. The highest BCUT2D eigenvalue weighted by atomic mass is 19.1. The summed E-state index contributed by atoms with van der Waals surface area (Å²) in [7, 11) is 3.56. The Morgan fingerprint density at radius 2 is 2.32 bits per heavy atom. The van der Waals surface area contributed by atoms with E-state index in [1.54, 1.807) is 12.1 Å². The number of likely N-dealkylation sites (tertiary alicyclic amines) is 1. The molecule has 4 nitrogen and oxygen atoms in total. The third kappa shape index (κ3) is 3.16. The van der Waals surface area contributed by atoms with Crippen LogP contribution in [-0.2, 0) is 0 Å². The van der Waals surface area contributed by atoms with E-state index in [0.717, 1.165) is 31.6 Å². The van der Waals surface area contributed by atoms with E-state index in [9.17, 15) is 4.39 Å². The molecule has 1 aromatic carbocycles. The number of piperidine rings is 1. The molecule has 0 bridgehead atoms. The van der Waals surface area contributed by atoms with E-state index < -0.39 is 0 Å². The van der Waals surface area contributed by atoms with Gasteiger partial charge in [0.2, 0.25) is 0 Å². The number of ether oxygens (including phenoxy) is 1.